The zero-order chi connectivity index (χ0) is 8.56. The molecule has 3 aliphatic rings. The minimum Gasteiger partial charge on any atom is -0.0782 e. The molecule has 0 radical (unpaired) electrons. The first-order valence-corrected chi connectivity index (χ1v) is 5.32. The molecule has 0 aliphatic heterocycles. The monoisotopic (exact) mass is 162 g/mol. The molecule has 0 heteroatoms. The molecule has 4 atom stereocenters. The van der Waals surface area contributed by atoms with Gasteiger partial charge in [0.25, 0.3) is 0 Å². The Morgan fingerprint density at radius 3 is 2.58 bits per heavy atom. The SMILES string of the molecule is CCC1(C)C=C2C1CC1(C)CC21. The van der Waals surface area contributed by atoms with E-state index in [0.717, 1.165) is 17.3 Å². The maximum absolute atomic E-state index is 2.58. The number of rotatable bonds is 1. The Bertz CT molecular complexity index is 276. The second-order valence-corrected chi connectivity index (χ2v) is 5.67. The van der Waals surface area contributed by atoms with Gasteiger partial charge in [0.15, 0.2) is 0 Å². The number of hydrogen-bond acceptors (Lipinski definition) is 0. The number of hydrogen-bond donors (Lipinski definition) is 0. The Balaban J connectivity index is 1.94. The van der Waals surface area contributed by atoms with Crippen LogP contribution < -0.4 is 0 Å². The third kappa shape index (κ3) is 0.582. The minimum atomic E-state index is 0.589. The molecule has 66 valence electrons. The van der Waals surface area contributed by atoms with E-state index in [1.54, 1.807) is 0 Å². The van der Waals surface area contributed by atoms with Gasteiger partial charge < -0.3 is 0 Å². The topological polar surface area (TPSA) is 0 Å². The highest BCUT2D eigenvalue weighted by molar-refractivity contribution is 5.41. The smallest absolute Gasteiger partial charge is 0.00805 e. The van der Waals surface area contributed by atoms with Crippen LogP contribution in [0.15, 0.2) is 11.6 Å². The summed E-state index contributed by atoms with van der Waals surface area (Å²) in [5, 5.41) is 0. The Morgan fingerprint density at radius 2 is 2.00 bits per heavy atom. The predicted molar refractivity (Wildman–Crippen MR) is 50.8 cm³/mol. The van der Waals surface area contributed by atoms with E-state index in [2.05, 4.69) is 26.8 Å². The maximum Gasteiger partial charge on any atom is -0.00805 e. The summed E-state index contributed by atoms with van der Waals surface area (Å²) in [6, 6.07) is 0. The molecular formula is C12H18. The summed E-state index contributed by atoms with van der Waals surface area (Å²) in [5.41, 5.74) is 3.18. The van der Waals surface area contributed by atoms with Crippen LogP contribution >= 0.6 is 0 Å². The summed E-state index contributed by atoms with van der Waals surface area (Å²) < 4.78 is 0. The molecule has 0 aromatic carbocycles. The number of allylic oxidation sites excluding steroid dienone is 2. The van der Waals surface area contributed by atoms with E-state index in [0.29, 0.717) is 5.41 Å². The molecule has 3 rings (SSSR count). The van der Waals surface area contributed by atoms with Gasteiger partial charge in [0.1, 0.15) is 0 Å². The molecule has 0 amide bonds. The highest BCUT2D eigenvalue weighted by Crippen LogP contribution is 2.74. The molecular weight excluding hydrogens is 144 g/mol. The highest BCUT2D eigenvalue weighted by Gasteiger charge is 2.65. The lowest BCUT2D eigenvalue weighted by atomic mass is 9.61. The van der Waals surface area contributed by atoms with Gasteiger partial charge >= 0.3 is 0 Å². The lowest BCUT2D eigenvalue weighted by Crippen LogP contribution is -2.34. The van der Waals surface area contributed by atoms with Gasteiger partial charge in [-0.1, -0.05) is 32.4 Å². The molecule has 2 fully saturated rings. The minimum absolute atomic E-state index is 0.589. The van der Waals surface area contributed by atoms with Crippen LogP contribution in [0.25, 0.3) is 0 Å². The van der Waals surface area contributed by atoms with Crippen LogP contribution in [0.5, 0.6) is 0 Å². The standard InChI is InChI=1S/C12H18/c1-4-11(2)5-8-9(11)6-12(3)7-10(8)12/h5,9-10H,4,6-7H2,1-3H3. The Kier molecular flexibility index (Phi) is 0.995. The molecule has 0 spiro atoms. The highest BCUT2D eigenvalue weighted by atomic mass is 14.7. The zero-order valence-corrected chi connectivity index (χ0v) is 8.35. The molecule has 3 aliphatic carbocycles. The van der Waals surface area contributed by atoms with E-state index in [4.69, 9.17) is 0 Å². The molecule has 0 bridgehead atoms. The fourth-order valence-corrected chi connectivity index (χ4v) is 3.53. The Labute approximate surface area is 75.0 Å². The third-order valence-corrected chi connectivity index (χ3v) is 4.88. The molecule has 0 N–H and O–H groups in total. The summed E-state index contributed by atoms with van der Waals surface area (Å²) in [7, 11) is 0. The molecule has 0 saturated heterocycles. The first-order valence-electron chi connectivity index (χ1n) is 5.32. The van der Waals surface area contributed by atoms with Crippen molar-refractivity contribution in [1.82, 2.24) is 0 Å². The summed E-state index contributed by atoms with van der Waals surface area (Å²) in [5.74, 6) is 1.99. The lowest BCUT2D eigenvalue weighted by molar-refractivity contribution is 0.217. The Hall–Kier alpha value is -0.260. The molecule has 0 aromatic heterocycles. The van der Waals surface area contributed by atoms with Gasteiger partial charge in [-0.05, 0) is 41.9 Å². The van der Waals surface area contributed by atoms with Crippen molar-refractivity contribution in [3.63, 3.8) is 0 Å². The maximum atomic E-state index is 2.58. The van der Waals surface area contributed by atoms with Crippen LogP contribution in [0, 0.1) is 22.7 Å². The van der Waals surface area contributed by atoms with E-state index in [9.17, 15) is 0 Å². The van der Waals surface area contributed by atoms with Crippen molar-refractivity contribution in [2.75, 3.05) is 0 Å². The second-order valence-electron chi connectivity index (χ2n) is 5.67. The van der Waals surface area contributed by atoms with E-state index in [-0.39, 0.29) is 0 Å². The van der Waals surface area contributed by atoms with Crippen molar-refractivity contribution in [3.8, 4) is 0 Å². The number of fused-ring (bicyclic) bond motifs is 3. The van der Waals surface area contributed by atoms with Crippen LogP contribution in [0.4, 0.5) is 0 Å². The molecule has 4 unspecified atom stereocenters. The second kappa shape index (κ2) is 1.66. The largest absolute Gasteiger partial charge is 0.0782 e. The third-order valence-electron chi connectivity index (χ3n) is 4.88. The van der Waals surface area contributed by atoms with Crippen LogP contribution in [0.3, 0.4) is 0 Å². The average molecular weight is 162 g/mol. The van der Waals surface area contributed by atoms with Gasteiger partial charge in [0.2, 0.25) is 0 Å². The predicted octanol–water partition coefficient (Wildman–Crippen LogP) is 3.39. The molecule has 12 heavy (non-hydrogen) atoms. The van der Waals surface area contributed by atoms with Crippen LogP contribution in [-0.2, 0) is 0 Å². The van der Waals surface area contributed by atoms with Crippen LogP contribution in [0.1, 0.15) is 40.0 Å². The molecule has 2 saturated carbocycles. The summed E-state index contributed by atoms with van der Waals surface area (Å²) >= 11 is 0. The first-order chi connectivity index (χ1) is 5.59. The van der Waals surface area contributed by atoms with Crippen molar-refractivity contribution < 1.29 is 0 Å². The Morgan fingerprint density at radius 1 is 1.33 bits per heavy atom. The zero-order valence-electron chi connectivity index (χ0n) is 8.35. The van der Waals surface area contributed by atoms with Gasteiger partial charge in [0, 0.05) is 0 Å². The van der Waals surface area contributed by atoms with E-state index in [1.165, 1.54) is 19.3 Å². The van der Waals surface area contributed by atoms with Crippen LogP contribution in [0.2, 0.25) is 0 Å². The summed E-state index contributed by atoms with van der Waals surface area (Å²) in [6.45, 7) is 7.25. The first kappa shape index (κ1) is 7.17. The fraction of sp³-hybridized carbons (Fsp3) is 0.833. The van der Waals surface area contributed by atoms with E-state index in [1.807, 2.05) is 5.57 Å². The van der Waals surface area contributed by atoms with Gasteiger partial charge in [-0.3, -0.25) is 0 Å². The van der Waals surface area contributed by atoms with Gasteiger partial charge in [-0.25, -0.2) is 0 Å². The van der Waals surface area contributed by atoms with Crippen LogP contribution in [-0.4, -0.2) is 0 Å². The summed E-state index contributed by atoms with van der Waals surface area (Å²) in [6.07, 6.45) is 6.91. The van der Waals surface area contributed by atoms with E-state index >= 15 is 0 Å². The molecule has 0 aromatic rings. The average Bonchev–Trinajstić information content (AvgIpc) is 2.63. The summed E-state index contributed by atoms with van der Waals surface area (Å²) in [4.78, 5) is 0. The van der Waals surface area contributed by atoms with Gasteiger partial charge in [-0.15, -0.1) is 0 Å². The van der Waals surface area contributed by atoms with Crippen molar-refractivity contribution in [1.29, 1.82) is 0 Å². The quantitative estimate of drug-likeness (QED) is 0.518. The van der Waals surface area contributed by atoms with Gasteiger partial charge in [0.05, 0.1) is 0 Å². The van der Waals surface area contributed by atoms with Crippen molar-refractivity contribution in [2.45, 2.75) is 40.0 Å². The normalized spacial score (nSPS) is 60.1. The molecule has 0 heterocycles. The van der Waals surface area contributed by atoms with Crippen molar-refractivity contribution >= 4 is 0 Å². The van der Waals surface area contributed by atoms with Crippen molar-refractivity contribution in [3.05, 3.63) is 11.6 Å². The van der Waals surface area contributed by atoms with E-state index < -0.39 is 0 Å². The lowest BCUT2D eigenvalue weighted by Gasteiger charge is -2.43. The molecule has 0 nitrogen and oxygen atoms in total. The van der Waals surface area contributed by atoms with Gasteiger partial charge in [-0.2, -0.15) is 0 Å². The fourth-order valence-electron chi connectivity index (χ4n) is 3.53. The van der Waals surface area contributed by atoms with Crippen molar-refractivity contribution in [2.24, 2.45) is 22.7 Å².